The fourth-order valence-corrected chi connectivity index (χ4v) is 2.53. The molecule has 0 saturated heterocycles. The predicted molar refractivity (Wildman–Crippen MR) is 71.0 cm³/mol. The van der Waals surface area contributed by atoms with Crippen LogP contribution in [0.15, 0.2) is 43.1 Å². The van der Waals surface area contributed by atoms with E-state index in [2.05, 4.69) is 42.8 Å². The molecule has 0 spiro atoms. The summed E-state index contributed by atoms with van der Waals surface area (Å²) in [6.45, 7) is 6.36. The predicted octanol–water partition coefficient (Wildman–Crippen LogP) is 3.55. The fraction of sp³-hybridized carbons (Fsp3) is 0.188. The Hall–Kier alpha value is -1.89. The Bertz CT molecular complexity index is 596. The summed E-state index contributed by atoms with van der Waals surface area (Å²) >= 11 is 0. The number of hydrogen-bond acceptors (Lipinski definition) is 1. The van der Waals surface area contributed by atoms with E-state index in [4.69, 9.17) is 0 Å². The zero-order valence-electron chi connectivity index (χ0n) is 10.0. The summed E-state index contributed by atoms with van der Waals surface area (Å²) in [6.07, 6.45) is 3.98. The van der Waals surface area contributed by atoms with Crippen LogP contribution in [0.5, 0.6) is 0 Å². The summed E-state index contributed by atoms with van der Waals surface area (Å²) in [5.74, 6) is 0. The van der Waals surface area contributed by atoms with E-state index in [0.29, 0.717) is 0 Å². The number of fused-ring (bicyclic) bond motifs is 2. The molecule has 0 bridgehead atoms. The second-order valence-electron chi connectivity index (χ2n) is 4.65. The van der Waals surface area contributed by atoms with Crippen LogP contribution in [0.25, 0.3) is 5.57 Å². The maximum Gasteiger partial charge on any atom is 0.0734 e. The van der Waals surface area contributed by atoms with Gasteiger partial charge in [-0.1, -0.05) is 36.4 Å². The summed E-state index contributed by atoms with van der Waals surface area (Å²) in [4.78, 5) is 4.48. The molecule has 1 aliphatic carbocycles. The van der Waals surface area contributed by atoms with E-state index in [9.17, 15) is 0 Å². The molecule has 1 nitrogen and oxygen atoms in total. The summed E-state index contributed by atoms with van der Waals surface area (Å²) in [7, 11) is 0. The molecule has 2 aromatic rings. The Morgan fingerprint density at radius 1 is 1.12 bits per heavy atom. The highest BCUT2D eigenvalue weighted by atomic mass is 14.7. The lowest BCUT2D eigenvalue weighted by molar-refractivity contribution is 0.953. The molecule has 0 aliphatic heterocycles. The van der Waals surface area contributed by atoms with Crippen molar-refractivity contribution in [3.05, 3.63) is 71.1 Å². The SMILES string of the molecule is C=C1c2ccc(C)cc2CCc2cccnc21. The first-order valence-corrected chi connectivity index (χ1v) is 5.99. The van der Waals surface area contributed by atoms with E-state index in [-0.39, 0.29) is 0 Å². The highest BCUT2D eigenvalue weighted by Gasteiger charge is 2.17. The van der Waals surface area contributed by atoms with E-state index in [1.54, 1.807) is 0 Å². The molecule has 1 aliphatic rings. The highest BCUT2D eigenvalue weighted by Crippen LogP contribution is 2.31. The van der Waals surface area contributed by atoms with Gasteiger partial charge in [0.15, 0.2) is 0 Å². The van der Waals surface area contributed by atoms with Gasteiger partial charge in [0.2, 0.25) is 0 Å². The van der Waals surface area contributed by atoms with Crippen LogP contribution in [0.4, 0.5) is 0 Å². The molecule has 0 amide bonds. The van der Waals surface area contributed by atoms with Gasteiger partial charge in [-0.25, -0.2) is 0 Å². The molecule has 0 N–H and O–H groups in total. The highest BCUT2D eigenvalue weighted by molar-refractivity contribution is 5.80. The van der Waals surface area contributed by atoms with Crippen LogP contribution in [0, 0.1) is 6.92 Å². The van der Waals surface area contributed by atoms with Crippen molar-refractivity contribution >= 4 is 5.57 Å². The number of nitrogens with zero attached hydrogens (tertiary/aromatic N) is 1. The Morgan fingerprint density at radius 3 is 2.82 bits per heavy atom. The van der Waals surface area contributed by atoms with Crippen LogP contribution in [0.1, 0.15) is 27.9 Å². The van der Waals surface area contributed by atoms with Gasteiger partial charge in [-0.05, 0) is 42.5 Å². The van der Waals surface area contributed by atoms with E-state index in [1.807, 2.05) is 12.3 Å². The topological polar surface area (TPSA) is 12.9 Å². The van der Waals surface area contributed by atoms with Crippen LogP contribution in [-0.4, -0.2) is 4.98 Å². The van der Waals surface area contributed by atoms with E-state index >= 15 is 0 Å². The van der Waals surface area contributed by atoms with Gasteiger partial charge in [0.25, 0.3) is 0 Å². The lowest BCUT2D eigenvalue weighted by atomic mass is 9.97. The van der Waals surface area contributed by atoms with Crippen LogP contribution in [0.2, 0.25) is 0 Å². The van der Waals surface area contributed by atoms with Crippen LogP contribution in [-0.2, 0) is 12.8 Å². The Balaban J connectivity index is 2.20. The lowest BCUT2D eigenvalue weighted by Crippen LogP contribution is -1.94. The van der Waals surface area contributed by atoms with Crippen molar-refractivity contribution in [1.29, 1.82) is 0 Å². The summed E-state index contributed by atoms with van der Waals surface area (Å²) < 4.78 is 0. The first kappa shape index (κ1) is 10.3. The van der Waals surface area contributed by atoms with Gasteiger partial charge in [0.05, 0.1) is 5.69 Å². The number of aromatic nitrogens is 1. The summed E-state index contributed by atoms with van der Waals surface area (Å²) in [5, 5.41) is 0. The Morgan fingerprint density at radius 2 is 1.94 bits per heavy atom. The molecule has 17 heavy (non-hydrogen) atoms. The second-order valence-corrected chi connectivity index (χ2v) is 4.65. The molecule has 0 radical (unpaired) electrons. The van der Waals surface area contributed by atoms with Crippen molar-refractivity contribution in [3.8, 4) is 0 Å². The average Bonchev–Trinajstić information content (AvgIpc) is 2.48. The van der Waals surface area contributed by atoms with Crippen molar-refractivity contribution in [1.82, 2.24) is 4.98 Å². The van der Waals surface area contributed by atoms with Gasteiger partial charge in [0, 0.05) is 11.8 Å². The summed E-state index contributed by atoms with van der Waals surface area (Å²) in [5.41, 5.74) is 7.41. The molecule has 1 heterocycles. The average molecular weight is 221 g/mol. The van der Waals surface area contributed by atoms with Gasteiger partial charge >= 0.3 is 0 Å². The second kappa shape index (κ2) is 3.85. The normalized spacial score (nSPS) is 13.8. The number of aryl methyl sites for hydroxylation is 3. The minimum absolute atomic E-state index is 1.05. The van der Waals surface area contributed by atoms with Crippen molar-refractivity contribution in [2.75, 3.05) is 0 Å². The van der Waals surface area contributed by atoms with Crippen molar-refractivity contribution in [2.45, 2.75) is 19.8 Å². The van der Waals surface area contributed by atoms with Gasteiger partial charge in [-0.15, -0.1) is 0 Å². The fourth-order valence-electron chi connectivity index (χ4n) is 2.53. The third-order valence-corrected chi connectivity index (χ3v) is 3.43. The van der Waals surface area contributed by atoms with Crippen LogP contribution < -0.4 is 0 Å². The maximum atomic E-state index is 4.48. The quantitative estimate of drug-likeness (QED) is 0.663. The third-order valence-electron chi connectivity index (χ3n) is 3.43. The third kappa shape index (κ3) is 1.68. The van der Waals surface area contributed by atoms with E-state index < -0.39 is 0 Å². The largest absolute Gasteiger partial charge is 0.256 e. The van der Waals surface area contributed by atoms with Crippen molar-refractivity contribution in [2.24, 2.45) is 0 Å². The van der Waals surface area contributed by atoms with Crippen LogP contribution in [0.3, 0.4) is 0 Å². The van der Waals surface area contributed by atoms with Crippen molar-refractivity contribution < 1.29 is 0 Å². The number of benzene rings is 1. The number of pyridine rings is 1. The molecule has 0 saturated carbocycles. The Labute approximate surface area is 102 Å². The number of hydrogen-bond donors (Lipinski definition) is 0. The summed E-state index contributed by atoms with van der Waals surface area (Å²) in [6, 6.07) is 10.8. The molecule has 0 fully saturated rings. The van der Waals surface area contributed by atoms with Gasteiger partial charge in [-0.2, -0.15) is 0 Å². The maximum absolute atomic E-state index is 4.48. The van der Waals surface area contributed by atoms with Crippen LogP contribution >= 0.6 is 0 Å². The minimum Gasteiger partial charge on any atom is -0.256 e. The zero-order chi connectivity index (χ0) is 11.8. The molecule has 0 unspecified atom stereocenters. The standard InChI is InChI=1S/C16H15N/c1-11-5-8-15-12(2)16-13(4-3-9-17-16)6-7-14(15)10-11/h3-5,8-10H,2,6-7H2,1H3. The molecule has 1 heteroatoms. The first-order valence-electron chi connectivity index (χ1n) is 5.99. The minimum atomic E-state index is 1.05. The van der Waals surface area contributed by atoms with Gasteiger partial charge in [-0.3, -0.25) is 4.98 Å². The lowest BCUT2D eigenvalue weighted by Gasteiger charge is -2.09. The molecular formula is C16H15N. The first-order chi connectivity index (χ1) is 8.25. The monoisotopic (exact) mass is 221 g/mol. The van der Waals surface area contributed by atoms with Gasteiger partial charge in [0.1, 0.15) is 0 Å². The zero-order valence-corrected chi connectivity index (χ0v) is 10.0. The molecule has 1 aromatic carbocycles. The smallest absolute Gasteiger partial charge is 0.0734 e. The number of rotatable bonds is 0. The Kier molecular flexibility index (Phi) is 2.32. The van der Waals surface area contributed by atoms with E-state index in [1.165, 1.54) is 22.3 Å². The molecule has 0 atom stereocenters. The molecule has 84 valence electrons. The van der Waals surface area contributed by atoms with E-state index in [0.717, 1.165) is 24.1 Å². The molecule has 1 aromatic heterocycles. The van der Waals surface area contributed by atoms with Gasteiger partial charge < -0.3 is 0 Å². The molecular weight excluding hydrogens is 206 g/mol. The molecule has 3 rings (SSSR count). The van der Waals surface area contributed by atoms with Crippen molar-refractivity contribution in [3.63, 3.8) is 0 Å².